The molecule has 0 heterocycles. The molecule has 2 aromatic carbocycles. The third-order valence-corrected chi connectivity index (χ3v) is 8.18. The average Bonchev–Trinajstić information content (AvgIpc) is 3.45. The number of fused-ring (bicyclic) bond motifs is 10. The largest absolute Gasteiger partial charge is 0.465 e. The van der Waals surface area contributed by atoms with Gasteiger partial charge in [0.15, 0.2) is 0 Å². The molecule has 0 saturated heterocycles. The molecule has 2 heteroatoms. The molecule has 0 aliphatic heterocycles. The third kappa shape index (κ3) is 1.58. The summed E-state index contributed by atoms with van der Waals surface area (Å²) in [6.45, 7) is 0. The highest BCUT2D eigenvalue weighted by molar-refractivity contribution is 6.06. The van der Waals surface area contributed by atoms with Crippen molar-refractivity contribution in [3.63, 3.8) is 0 Å². The molecule has 4 bridgehead atoms. The maximum Gasteiger partial charge on any atom is 0.338 e. The fraction of sp³-hybridized carbons (Fsp3) is 0.458. The molecule has 0 aromatic heterocycles. The van der Waals surface area contributed by atoms with Crippen LogP contribution in [-0.2, 0) is 10.2 Å². The molecule has 6 atom stereocenters. The van der Waals surface area contributed by atoms with Crippen LogP contribution >= 0.6 is 0 Å². The highest BCUT2D eigenvalue weighted by Gasteiger charge is 2.68. The summed E-state index contributed by atoms with van der Waals surface area (Å²) in [7, 11) is 1.49. The van der Waals surface area contributed by atoms with Crippen molar-refractivity contribution in [2.75, 3.05) is 7.11 Å². The molecule has 0 spiro atoms. The number of hydrogen-bond donors (Lipinski definition) is 0. The van der Waals surface area contributed by atoms with Gasteiger partial charge in [-0.3, -0.25) is 0 Å². The Morgan fingerprint density at radius 2 is 1.92 bits per heavy atom. The number of allylic oxidation sites excluding steroid dienone is 2. The molecule has 0 amide bonds. The van der Waals surface area contributed by atoms with Gasteiger partial charge >= 0.3 is 5.97 Å². The molecule has 0 N–H and O–H groups in total. The van der Waals surface area contributed by atoms with E-state index in [1.807, 2.05) is 12.1 Å². The van der Waals surface area contributed by atoms with Crippen molar-refractivity contribution < 1.29 is 9.53 Å². The summed E-state index contributed by atoms with van der Waals surface area (Å²) in [6, 6.07) is 12.7. The quantitative estimate of drug-likeness (QED) is 0.429. The predicted octanol–water partition coefficient (Wildman–Crippen LogP) is 5.12. The average molecular weight is 344 g/mol. The van der Waals surface area contributed by atoms with E-state index in [2.05, 4.69) is 36.4 Å². The number of hydrogen-bond acceptors (Lipinski definition) is 2. The minimum Gasteiger partial charge on any atom is -0.465 e. The topological polar surface area (TPSA) is 26.3 Å². The molecule has 26 heavy (non-hydrogen) atoms. The minimum atomic E-state index is -0.210. The number of carbonyl (C=O) groups is 1. The van der Waals surface area contributed by atoms with Crippen molar-refractivity contribution in [1.82, 2.24) is 0 Å². The zero-order chi connectivity index (χ0) is 17.5. The van der Waals surface area contributed by atoms with Crippen molar-refractivity contribution in [3.05, 3.63) is 59.7 Å². The van der Waals surface area contributed by atoms with Crippen molar-refractivity contribution in [2.45, 2.75) is 31.1 Å². The van der Waals surface area contributed by atoms with E-state index >= 15 is 0 Å². The molecule has 0 radical (unpaired) electrons. The van der Waals surface area contributed by atoms with Gasteiger partial charge in [-0.2, -0.15) is 0 Å². The van der Waals surface area contributed by atoms with E-state index in [1.54, 1.807) is 0 Å². The number of benzene rings is 2. The van der Waals surface area contributed by atoms with Crippen LogP contribution in [0.4, 0.5) is 0 Å². The first-order valence-corrected chi connectivity index (χ1v) is 10.0. The predicted molar refractivity (Wildman–Crippen MR) is 102 cm³/mol. The monoisotopic (exact) mass is 344 g/mol. The zero-order valence-electron chi connectivity index (χ0n) is 15.2. The Balaban J connectivity index is 1.68. The highest BCUT2D eigenvalue weighted by Crippen LogP contribution is 2.73. The standard InChI is InChI=1S/C24H24O2/c1-26-23(25)19-6-2-4-14-5-3-7-20(21(14)19)24-17-10-8-15(12-17)22(24)16-9-11-18(24)13-16/h2-8,10,15-18,22H,9,11-13H2,1H3. The van der Waals surface area contributed by atoms with Gasteiger partial charge in [-0.25, -0.2) is 4.79 Å². The summed E-state index contributed by atoms with van der Waals surface area (Å²) >= 11 is 0. The number of esters is 1. The van der Waals surface area contributed by atoms with E-state index in [0.717, 1.165) is 34.6 Å². The lowest BCUT2D eigenvalue weighted by atomic mass is 9.57. The first-order valence-electron chi connectivity index (χ1n) is 10.0. The molecule has 2 aromatic rings. The second kappa shape index (κ2) is 5.00. The zero-order valence-corrected chi connectivity index (χ0v) is 15.2. The Kier molecular flexibility index (Phi) is 2.89. The summed E-state index contributed by atoms with van der Waals surface area (Å²) in [4.78, 5) is 12.6. The Morgan fingerprint density at radius 1 is 1.08 bits per heavy atom. The lowest BCUT2D eigenvalue weighted by molar-refractivity contribution is 0.0602. The van der Waals surface area contributed by atoms with E-state index in [4.69, 9.17) is 4.74 Å². The summed E-state index contributed by atoms with van der Waals surface area (Å²) in [5.41, 5.74) is 2.42. The van der Waals surface area contributed by atoms with E-state index in [9.17, 15) is 4.79 Å². The van der Waals surface area contributed by atoms with E-state index in [0.29, 0.717) is 5.92 Å². The van der Waals surface area contributed by atoms with Crippen LogP contribution < -0.4 is 0 Å². The first kappa shape index (κ1) is 15.0. The van der Waals surface area contributed by atoms with E-state index < -0.39 is 0 Å². The summed E-state index contributed by atoms with van der Waals surface area (Å²) < 4.78 is 5.14. The lowest BCUT2D eigenvalue weighted by Gasteiger charge is -2.46. The van der Waals surface area contributed by atoms with Crippen LogP contribution in [0.25, 0.3) is 10.8 Å². The van der Waals surface area contributed by atoms with Gasteiger partial charge in [0.25, 0.3) is 0 Å². The van der Waals surface area contributed by atoms with Crippen molar-refractivity contribution in [2.24, 2.45) is 29.6 Å². The second-order valence-electron chi connectivity index (χ2n) is 8.82. The second-order valence-corrected chi connectivity index (χ2v) is 8.82. The van der Waals surface area contributed by atoms with E-state index in [1.165, 1.54) is 43.7 Å². The number of rotatable bonds is 2. The van der Waals surface area contributed by atoms with Gasteiger partial charge < -0.3 is 4.74 Å². The molecule has 6 rings (SSSR count). The van der Waals surface area contributed by atoms with Gasteiger partial charge in [0.2, 0.25) is 0 Å². The van der Waals surface area contributed by atoms with Crippen molar-refractivity contribution in [1.29, 1.82) is 0 Å². The fourth-order valence-corrected chi connectivity index (χ4v) is 7.62. The van der Waals surface area contributed by atoms with E-state index in [-0.39, 0.29) is 11.4 Å². The summed E-state index contributed by atoms with van der Waals surface area (Å²) in [6.07, 6.45) is 10.5. The van der Waals surface area contributed by atoms with Crippen LogP contribution in [0, 0.1) is 29.6 Å². The summed E-state index contributed by atoms with van der Waals surface area (Å²) in [5, 5.41) is 2.33. The molecular formula is C24H24O2. The fourth-order valence-electron chi connectivity index (χ4n) is 7.62. The lowest BCUT2D eigenvalue weighted by Crippen LogP contribution is -2.44. The van der Waals surface area contributed by atoms with Crippen LogP contribution in [0.15, 0.2) is 48.6 Å². The van der Waals surface area contributed by atoms with Crippen LogP contribution in [0.3, 0.4) is 0 Å². The van der Waals surface area contributed by atoms with Gasteiger partial charge in [0.05, 0.1) is 12.7 Å². The molecule has 2 nitrogen and oxygen atoms in total. The number of methoxy groups -OCH3 is 1. The molecule has 3 fully saturated rings. The van der Waals surface area contributed by atoms with Crippen LogP contribution in [-0.4, -0.2) is 13.1 Å². The SMILES string of the molecule is COC(=O)c1cccc2cccc(C34C5C=CC(C5)C3C3CCC4C3)c12. The molecule has 4 aliphatic carbocycles. The third-order valence-electron chi connectivity index (χ3n) is 8.18. The van der Waals surface area contributed by atoms with Gasteiger partial charge in [0.1, 0.15) is 0 Å². The molecule has 6 unspecified atom stereocenters. The maximum absolute atomic E-state index is 12.6. The van der Waals surface area contributed by atoms with Gasteiger partial charge in [-0.05, 0) is 77.7 Å². The van der Waals surface area contributed by atoms with Crippen molar-refractivity contribution >= 4 is 16.7 Å². The van der Waals surface area contributed by atoms with Crippen LogP contribution in [0.2, 0.25) is 0 Å². The van der Waals surface area contributed by atoms with Crippen LogP contribution in [0.5, 0.6) is 0 Å². The Morgan fingerprint density at radius 3 is 2.77 bits per heavy atom. The molecule has 4 aliphatic rings. The Bertz CT molecular complexity index is 953. The Hall–Kier alpha value is -2.09. The van der Waals surface area contributed by atoms with Crippen molar-refractivity contribution in [3.8, 4) is 0 Å². The number of carbonyl (C=O) groups excluding carboxylic acids is 1. The van der Waals surface area contributed by atoms with Crippen LogP contribution in [0.1, 0.15) is 41.6 Å². The molecular weight excluding hydrogens is 320 g/mol. The van der Waals surface area contributed by atoms with Gasteiger partial charge in [-0.15, -0.1) is 0 Å². The van der Waals surface area contributed by atoms with Gasteiger partial charge in [-0.1, -0.05) is 42.5 Å². The Labute approximate surface area is 154 Å². The first-order chi connectivity index (χ1) is 12.7. The summed E-state index contributed by atoms with van der Waals surface area (Å²) in [5.74, 6) is 3.60. The smallest absolute Gasteiger partial charge is 0.338 e. The maximum atomic E-state index is 12.6. The highest BCUT2D eigenvalue weighted by atomic mass is 16.5. The molecule has 132 valence electrons. The number of ether oxygens (including phenoxy) is 1. The van der Waals surface area contributed by atoms with Gasteiger partial charge in [0, 0.05) is 5.41 Å². The normalized spacial score (nSPS) is 38.9. The molecule has 3 saturated carbocycles. The minimum absolute atomic E-state index is 0.210.